The maximum atomic E-state index is 12.1. The van der Waals surface area contributed by atoms with Gasteiger partial charge in [0.15, 0.2) is 0 Å². The van der Waals surface area contributed by atoms with Crippen molar-refractivity contribution >= 4 is 17.5 Å². The van der Waals surface area contributed by atoms with Gasteiger partial charge in [-0.1, -0.05) is 28.9 Å². The van der Waals surface area contributed by atoms with Gasteiger partial charge < -0.3 is 9.84 Å². The molecule has 0 aliphatic rings. The van der Waals surface area contributed by atoms with Crippen LogP contribution < -0.4 is 5.32 Å². The van der Waals surface area contributed by atoms with Gasteiger partial charge in [0.25, 0.3) is 0 Å². The van der Waals surface area contributed by atoms with Crippen molar-refractivity contribution in [2.75, 3.05) is 0 Å². The highest BCUT2D eigenvalue weighted by Gasteiger charge is 2.13. The van der Waals surface area contributed by atoms with Gasteiger partial charge in [-0.3, -0.25) is 9.78 Å². The van der Waals surface area contributed by atoms with E-state index in [1.54, 1.807) is 30.6 Å². The quantitative estimate of drug-likeness (QED) is 0.729. The first-order valence-electron chi connectivity index (χ1n) is 7.89. The van der Waals surface area contributed by atoms with E-state index in [4.69, 9.17) is 16.1 Å². The van der Waals surface area contributed by atoms with Gasteiger partial charge in [0.05, 0.1) is 6.04 Å². The molecule has 1 unspecified atom stereocenters. The van der Waals surface area contributed by atoms with Crippen molar-refractivity contribution in [2.45, 2.75) is 25.8 Å². The molecule has 7 heteroatoms. The molecular weight excluding hydrogens is 340 g/mol. The molecule has 1 aromatic carbocycles. The Morgan fingerprint density at radius 1 is 1.28 bits per heavy atom. The predicted octanol–water partition coefficient (Wildman–Crippen LogP) is 3.60. The highest BCUT2D eigenvalue weighted by Crippen LogP contribution is 2.17. The number of halogens is 1. The lowest BCUT2D eigenvalue weighted by Gasteiger charge is -2.14. The zero-order valence-corrected chi connectivity index (χ0v) is 14.4. The number of amides is 1. The summed E-state index contributed by atoms with van der Waals surface area (Å²) in [5.74, 6) is 0.815. The standard InChI is InChI=1S/C18H17ClN4O2/c1-12(13-4-6-15(19)7-5-13)21-16(24)8-9-17-22-18(23-25-17)14-3-2-10-20-11-14/h2-7,10-12H,8-9H2,1H3,(H,21,24). The number of nitrogens with zero attached hydrogens (tertiary/aromatic N) is 3. The number of pyridine rings is 1. The van der Waals surface area contributed by atoms with Gasteiger partial charge in [-0.2, -0.15) is 4.98 Å². The Morgan fingerprint density at radius 3 is 2.80 bits per heavy atom. The number of carbonyl (C=O) groups is 1. The van der Waals surface area contributed by atoms with E-state index in [0.717, 1.165) is 11.1 Å². The zero-order valence-electron chi connectivity index (χ0n) is 13.6. The number of carbonyl (C=O) groups excluding carboxylic acids is 1. The lowest BCUT2D eigenvalue weighted by atomic mass is 10.1. The third-order valence-corrected chi connectivity index (χ3v) is 3.95. The van der Waals surface area contributed by atoms with Crippen LogP contribution in [0.5, 0.6) is 0 Å². The van der Waals surface area contributed by atoms with Crippen LogP contribution in [0.15, 0.2) is 53.3 Å². The highest BCUT2D eigenvalue weighted by atomic mass is 35.5. The van der Waals surface area contributed by atoms with Crippen molar-refractivity contribution < 1.29 is 9.32 Å². The summed E-state index contributed by atoms with van der Waals surface area (Å²) in [5.41, 5.74) is 1.77. The average Bonchev–Trinajstić information content (AvgIpc) is 3.10. The second-order valence-electron chi connectivity index (χ2n) is 5.59. The first kappa shape index (κ1) is 17.1. The summed E-state index contributed by atoms with van der Waals surface area (Å²) in [6.07, 6.45) is 3.99. The SMILES string of the molecule is CC(NC(=O)CCc1nc(-c2cccnc2)no1)c1ccc(Cl)cc1. The topological polar surface area (TPSA) is 80.9 Å². The van der Waals surface area contributed by atoms with E-state index >= 15 is 0 Å². The maximum absolute atomic E-state index is 12.1. The van der Waals surface area contributed by atoms with Crippen molar-refractivity contribution in [1.82, 2.24) is 20.4 Å². The van der Waals surface area contributed by atoms with Crippen molar-refractivity contribution in [1.29, 1.82) is 0 Å². The number of benzene rings is 1. The second-order valence-corrected chi connectivity index (χ2v) is 6.03. The molecule has 0 bridgehead atoms. The third kappa shape index (κ3) is 4.64. The minimum Gasteiger partial charge on any atom is -0.350 e. The molecule has 25 heavy (non-hydrogen) atoms. The van der Waals surface area contributed by atoms with Crippen LogP contribution in [-0.2, 0) is 11.2 Å². The normalized spacial score (nSPS) is 11.9. The molecule has 3 aromatic rings. The molecule has 0 aliphatic heterocycles. The molecule has 0 fully saturated rings. The van der Waals surface area contributed by atoms with Gasteiger partial charge in [0.1, 0.15) is 0 Å². The van der Waals surface area contributed by atoms with Gasteiger partial charge >= 0.3 is 0 Å². The summed E-state index contributed by atoms with van der Waals surface area (Å²) in [6, 6.07) is 10.9. The molecule has 2 aromatic heterocycles. The van der Waals surface area contributed by atoms with E-state index in [9.17, 15) is 4.79 Å². The van der Waals surface area contributed by atoms with Crippen LogP contribution in [0.2, 0.25) is 5.02 Å². The van der Waals surface area contributed by atoms with E-state index < -0.39 is 0 Å². The molecule has 6 nitrogen and oxygen atoms in total. The number of nitrogens with one attached hydrogen (secondary N) is 1. The average molecular weight is 357 g/mol. The second kappa shape index (κ2) is 7.90. The van der Waals surface area contributed by atoms with Crippen LogP contribution in [0.25, 0.3) is 11.4 Å². The molecule has 0 radical (unpaired) electrons. The van der Waals surface area contributed by atoms with E-state index in [1.807, 2.05) is 25.1 Å². The summed E-state index contributed by atoms with van der Waals surface area (Å²) >= 11 is 5.87. The van der Waals surface area contributed by atoms with Gasteiger partial charge in [-0.25, -0.2) is 0 Å². The minimum absolute atomic E-state index is 0.0800. The lowest BCUT2D eigenvalue weighted by molar-refractivity contribution is -0.121. The van der Waals surface area contributed by atoms with E-state index in [2.05, 4.69) is 20.4 Å². The Balaban J connectivity index is 1.52. The monoisotopic (exact) mass is 356 g/mol. The molecule has 0 saturated heterocycles. The van der Waals surface area contributed by atoms with Crippen LogP contribution in [-0.4, -0.2) is 21.0 Å². The summed E-state index contributed by atoms with van der Waals surface area (Å²) in [5, 5.41) is 7.52. The van der Waals surface area contributed by atoms with Crippen LogP contribution in [0, 0.1) is 0 Å². The van der Waals surface area contributed by atoms with Gasteiger partial charge in [-0.15, -0.1) is 0 Å². The fourth-order valence-corrected chi connectivity index (χ4v) is 2.46. The summed E-state index contributed by atoms with van der Waals surface area (Å²) in [7, 11) is 0. The zero-order chi connectivity index (χ0) is 17.6. The van der Waals surface area contributed by atoms with E-state index in [0.29, 0.717) is 23.2 Å². The molecular formula is C18H17ClN4O2. The molecule has 2 heterocycles. The van der Waals surface area contributed by atoms with Crippen molar-refractivity contribution in [3.8, 4) is 11.4 Å². The summed E-state index contributed by atoms with van der Waals surface area (Å²) < 4.78 is 5.19. The molecule has 0 aliphatic carbocycles. The van der Waals surface area contributed by atoms with Crippen LogP contribution in [0.4, 0.5) is 0 Å². The molecule has 1 N–H and O–H groups in total. The largest absolute Gasteiger partial charge is 0.350 e. The van der Waals surface area contributed by atoms with Crippen LogP contribution in [0.1, 0.15) is 30.8 Å². The maximum Gasteiger partial charge on any atom is 0.227 e. The van der Waals surface area contributed by atoms with Crippen LogP contribution in [0.3, 0.4) is 0 Å². The number of aromatic nitrogens is 3. The summed E-state index contributed by atoms with van der Waals surface area (Å²) in [6.45, 7) is 1.92. The fourth-order valence-electron chi connectivity index (χ4n) is 2.34. The number of aryl methyl sites for hydroxylation is 1. The number of hydrogen-bond acceptors (Lipinski definition) is 5. The summed E-state index contributed by atoms with van der Waals surface area (Å²) in [4.78, 5) is 20.4. The van der Waals surface area contributed by atoms with Crippen molar-refractivity contribution in [3.63, 3.8) is 0 Å². The third-order valence-electron chi connectivity index (χ3n) is 3.70. The highest BCUT2D eigenvalue weighted by molar-refractivity contribution is 6.30. The molecule has 1 atom stereocenters. The van der Waals surface area contributed by atoms with Crippen molar-refractivity contribution in [3.05, 3.63) is 65.3 Å². The molecule has 128 valence electrons. The molecule has 0 spiro atoms. The van der Waals surface area contributed by atoms with E-state index in [1.165, 1.54) is 0 Å². The Kier molecular flexibility index (Phi) is 5.40. The predicted molar refractivity (Wildman–Crippen MR) is 93.9 cm³/mol. The molecule has 1 amide bonds. The number of hydrogen-bond donors (Lipinski definition) is 1. The van der Waals surface area contributed by atoms with E-state index in [-0.39, 0.29) is 18.4 Å². The van der Waals surface area contributed by atoms with Gasteiger partial charge in [0, 0.05) is 35.8 Å². The number of rotatable bonds is 6. The lowest BCUT2D eigenvalue weighted by Crippen LogP contribution is -2.26. The Hall–Kier alpha value is -2.73. The minimum atomic E-state index is -0.0987. The Bertz CT molecular complexity index is 834. The first-order valence-corrected chi connectivity index (χ1v) is 8.27. The Labute approximate surface area is 150 Å². The smallest absolute Gasteiger partial charge is 0.227 e. The van der Waals surface area contributed by atoms with Crippen LogP contribution >= 0.6 is 11.6 Å². The van der Waals surface area contributed by atoms with Gasteiger partial charge in [-0.05, 0) is 36.8 Å². The Morgan fingerprint density at radius 2 is 2.08 bits per heavy atom. The first-order chi connectivity index (χ1) is 12.1. The molecule has 3 rings (SSSR count). The fraction of sp³-hybridized carbons (Fsp3) is 0.222. The van der Waals surface area contributed by atoms with Crippen molar-refractivity contribution in [2.24, 2.45) is 0 Å². The van der Waals surface area contributed by atoms with Gasteiger partial charge in [0.2, 0.25) is 17.6 Å². The molecule has 0 saturated carbocycles.